The fourth-order valence-electron chi connectivity index (χ4n) is 2.26. The molecule has 3 N–H and O–H groups in total. The molecule has 0 heterocycles. The Kier molecular flexibility index (Phi) is 4.34. The molecular weight excluding hydrogens is 263 g/mol. The maximum Gasteiger partial charge on any atom is 0.313 e. The van der Waals surface area contributed by atoms with E-state index in [4.69, 9.17) is 0 Å². The highest BCUT2D eigenvalue weighted by molar-refractivity contribution is 6.39. The summed E-state index contributed by atoms with van der Waals surface area (Å²) in [4.78, 5) is 23.2. The maximum atomic E-state index is 12.7. The van der Waals surface area contributed by atoms with Crippen LogP contribution >= 0.6 is 0 Å². The monoisotopic (exact) mass is 280 g/mol. The summed E-state index contributed by atoms with van der Waals surface area (Å²) in [6, 6.07) is 5.11. The molecule has 0 aromatic heterocycles. The quantitative estimate of drug-likeness (QED) is 0.728. The number of aliphatic hydroxyl groups is 1. The largest absolute Gasteiger partial charge is 0.388 e. The number of anilines is 1. The second-order valence-electron chi connectivity index (χ2n) is 5.08. The SMILES string of the molecule is O=C(NCC1(O)CCCC1)C(=O)Nc1ccc(F)cc1. The fourth-order valence-corrected chi connectivity index (χ4v) is 2.26. The third-order valence-electron chi connectivity index (χ3n) is 3.42. The number of rotatable bonds is 3. The number of carbonyl (C=O) groups excluding carboxylic acids is 2. The Morgan fingerprint density at radius 1 is 1.15 bits per heavy atom. The highest BCUT2D eigenvalue weighted by Gasteiger charge is 2.31. The van der Waals surface area contributed by atoms with Crippen LogP contribution in [-0.4, -0.2) is 29.1 Å². The Bertz CT molecular complexity index is 496. The van der Waals surface area contributed by atoms with E-state index in [0.717, 1.165) is 12.8 Å². The minimum Gasteiger partial charge on any atom is -0.388 e. The molecule has 2 rings (SSSR count). The summed E-state index contributed by atoms with van der Waals surface area (Å²) in [6.07, 6.45) is 3.11. The van der Waals surface area contributed by atoms with Crippen LogP contribution in [0.15, 0.2) is 24.3 Å². The Morgan fingerprint density at radius 3 is 2.35 bits per heavy atom. The highest BCUT2D eigenvalue weighted by atomic mass is 19.1. The van der Waals surface area contributed by atoms with E-state index >= 15 is 0 Å². The van der Waals surface area contributed by atoms with Crippen LogP contribution in [0, 0.1) is 5.82 Å². The van der Waals surface area contributed by atoms with Crippen molar-refractivity contribution in [2.75, 3.05) is 11.9 Å². The van der Waals surface area contributed by atoms with Crippen molar-refractivity contribution < 1.29 is 19.1 Å². The first-order chi connectivity index (χ1) is 9.48. The van der Waals surface area contributed by atoms with Crippen molar-refractivity contribution in [1.29, 1.82) is 0 Å². The van der Waals surface area contributed by atoms with Crippen LogP contribution in [0.4, 0.5) is 10.1 Å². The van der Waals surface area contributed by atoms with Gasteiger partial charge in [0, 0.05) is 12.2 Å². The predicted octanol–water partition coefficient (Wildman–Crippen LogP) is 1.19. The Balaban J connectivity index is 1.83. The molecule has 1 aliphatic rings. The molecule has 0 aliphatic heterocycles. The third kappa shape index (κ3) is 3.77. The van der Waals surface area contributed by atoms with Gasteiger partial charge in [-0.1, -0.05) is 12.8 Å². The molecule has 0 atom stereocenters. The number of amides is 2. The zero-order valence-electron chi connectivity index (χ0n) is 11.0. The van der Waals surface area contributed by atoms with E-state index in [1.165, 1.54) is 24.3 Å². The molecule has 0 bridgehead atoms. The van der Waals surface area contributed by atoms with Crippen LogP contribution in [0.5, 0.6) is 0 Å². The lowest BCUT2D eigenvalue weighted by molar-refractivity contribution is -0.136. The summed E-state index contributed by atoms with van der Waals surface area (Å²) in [5.74, 6) is -2.07. The van der Waals surface area contributed by atoms with Crippen LogP contribution < -0.4 is 10.6 Å². The van der Waals surface area contributed by atoms with Gasteiger partial charge in [0.1, 0.15) is 5.82 Å². The van der Waals surface area contributed by atoms with Gasteiger partial charge in [-0.15, -0.1) is 0 Å². The summed E-state index contributed by atoms with van der Waals surface area (Å²) >= 11 is 0. The minimum atomic E-state index is -0.897. The van der Waals surface area contributed by atoms with Crippen LogP contribution in [0.25, 0.3) is 0 Å². The standard InChI is InChI=1S/C14H17FN2O3/c15-10-3-5-11(6-4-10)17-13(19)12(18)16-9-14(20)7-1-2-8-14/h3-6,20H,1-2,7-9H2,(H,16,18)(H,17,19). The van der Waals surface area contributed by atoms with E-state index < -0.39 is 23.2 Å². The average Bonchev–Trinajstić information content (AvgIpc) is 2.86. The van der Waals surface area contributed by atoms with Gasteiger partial charge in [0.2, 0.25) is 0 Å². The second kappa shape index (κ2) is 6.00. The minimum absolute atomic E-state index is 0.0721. The number of hydrogen-bond acceptors (Lipinski definition) is 3. The molecule has 2 amide bonds. The number of halogens is 1. The third-order valence-corrected chi connectivity index (χ3v) is 3.42. The molecular formula is C14H17FN2O3. The van der Waals surface area contributed by atoms with Crippen LogP contribution in [-0.2, 0) is 9.59 Å². The smallest absolute Gasteiger partial charge is 0.313 e. The molecule has 0 radical (unpaired) electrons. The average molecular weight is 280 g/mol. The number of hydrogen-bond donors (Lipinski definition) is 3. The summed E-state index contributed by atoms with van der Waals surface area (Å²) in [5.41, 5.74) is -0.558. The van der Waals surface area contributed by atoms with Gasteiger partial charge in [0.25, 0.3) is 0 Å². The van der Waals surface area contributed by atoms with Gasteiger partial charge in [-0.25, -0.2) is 4.39 Å². The van der Waals surface area contributed by atoms with E-state index in [-0.39, 0.29) is 6.54 Å². The van der Waals surface area contributed by atoms with E-state index in [2.05, 4.69) is 10.6 Å². The van der Waals surface area contributed by atoms with Crippen LogP contribution in [0.3, 0.4) is 0 Å². The number of benzene rings is 1. The van der Waals surface area contributed by atoms with Crippen molar-refractivity contribution in [1.82, 2.24) is 5.32 Å². The van der Waals surface area contributed by atoms with Gasteiger partial charge in [-0.2, -0.15) is 0 Å². The molecule has 0 unspecified atom stereocenters. The Hall–Kier alpha value is -1.95. The van der Waals surface area contributed by atoms with Crippen molar-refractivity contribution in [3.8, 4) is 0 Å². The van der Waals surface area contributed by atoms with Crippen molar-refractivity contribution >= 4 is 17.5 Å². The second-order valence-corrected chi connectivity index (χ2v) is 5.08. The van der Waals surface area contributed by atoms with E-state index in [1.807, 2.05) is 0 Å². The number of nitrogens with one attached hydrogen (secondary N) is 2. The van der Waals surface area contributed by atoms with Crippen LogP contribution in [0.1, 0.15) is 25.7 Å². The summed E-state index contributed by atoms with van der Waals surface area (Å²) in [5, 5.41) is 14.8. The first-order valence-electron chi connectivity index (χ1n) is 6.56. The lowest BCUT2D eigenvalue weighted by Crippen LogP contribution is -2.44. The van der Waals surface area contributed by atoms with Gasteiger partial charge in [-0.3, -0.25) is 9.59 Å². The van der Waals surface area contributed by atoms with Crippen molar-refractivity contribution in [2.24, 2.45) is 0 Å². The zero-order chi connectivity index (χ0) is 14.6. The van der Waals surface area contributed by atoms with Crippen molar-refractivity contribution in [2.45, 2.75) is 31.3 Å². The molecule has 0 saturated heterocycles. The molecule has 1 saturated carbocycles. The van der Waals surface area contributed by atoms with Crippen LogP contribution in [0.2, 0.25) is 0 Å². The maximum absolute atomic E-state index is 12.7. The fraction of sp³-hybridized carbons (Fsp3) is 0.429. The lowest BCUT2D eigenvalue weighted by atomic mass is 10.0. The van der Waals surface area contributed by atoms with E-state index in [9.17, 15) is 19.1 Å². The number of carbonyl (C=O) groups is 2. The normalized spacial score (nSPS) is 16.7. The van der Waals surface area contributed by atoms with Gasteiger partial charge >= 0.3 is 11.8 Å². The first kappa shape index (κ1) is 14.5. The van der Waals surface area contributed by atoms with Crippen molar-refractivity contribution in [3.63, 3.8) is 0 Å². The molecule has 1 fully saturated rings. The molecule has 0 spiro atoms. The summed E-state index contributed by atoms with van der Waals surface area (Å²) in [7, 11) is 0. The van der Waals surface area contributed by atoms with Crippen molar-refractivity contribution in [3.05, 3.63) is 30.1 Å². The molecule has 20 heavy (non-hydrogen) atoms. The van der Waals surface area contributed by atoms with Gasteiger partial charge in [-0.05, 0) is 37.1 Å². The molecule has 1 aromatic rings. The molecule has 5 nitrogen and oxygen atoms in total. The molecule has 6 heteroatoms. The van der Waals surface area contributed by atoms with Gasteiger partial charge in [0.15, 0.2) is 0 Å². The Morgan fingerprint density at radius 2 is 1.75 bits per heavy atom. The van der Waals surface area contributed by atoms with Gasteiger partial charge in [0.05, 0.1) is 5.60 Å². The molecule has 108 valence electrons. The first-order valence-corrected chi connectivity index (χ1v) is 6.56. The van der Waals surface area contributed by atoms with E-state index in [1.54, 1.807) is 0 Å². The van der Waals surface area contributed by atoms with Gasteiger partial charge < -0.3 is 15.7 Å². The topological polar surface area (TPSA) is 78.4 Å². The Labute approximate surface area is 116 Å². The lowest BCUT2D eigenvalue weighted by Gasteiger charge is -2.22. The van der Waals surface area contributed by atoms with E-state index in [0.29, 0.717) is 18.5 Å². The highest BCUT2D eigenvalue weighted by Crippen LogP contribution is 2.28. The molecule has 1 aliphatic carbocycles. The summed E-state index contributed by atoms with van der Waals surface area (Å²) < 4.78 is 12.7. The summed E-state index contributed by atoms with van der Waals surface area (Å²) in [6.45, 7) is 0.0721. The predicted molar refractivity (Wildman–Crippen MR) is 71.5 cm³/mol. The molecule has 1 aromatic carbocycles. The zero-order valence-corrected chi connectivity index (χ0v) is 11.0.